The van der Waals surface area contributed by atoms with Gasteiger partial charge in [0.25, 0.3) is 0 Å². The van der Waals surface area contributed by atoms with Gasteiger partial charge in [0, 0.05) is 29.6 Å². The minimum Gasteiger partial charge on any atom is -0.481 e. The third kappa shape index (κ3) is 6.41. The number of anilines is 1. The van der Waals surface area contributed by atoms with E-state index in [9.17, 15) is 9.59 Å². The number of methoxy groups -OCH3 is 1. The van der Waals surface area contributed by atoms with Gasteiger partial charge in [0.15, 0.2) is 5.82 Å². The predicted octanol–water partition coefficient (Wildman–Crippen LogP) is 6.15. The zero-order chi connectivity index (χ0) is 24.3. The number of carbonyl (C=O) groups is 2. The molecule has 0 unspecified atom stereocenters. The van der Waals surface area contributed by atoms with Gasteiger partial charge in [-0.1, -0.05) is 6.92 Å². The Morgan fingerprint density at radius 2 is 1.53 bits per heavy atom. The Morgan fingerprint density at radius 1 is 0.969 bits per heavy atom. The number of pyridine rings is 2. The maximum Gasteiger partial charge on any atom is 0.425 e. The van der Waals surface area contributed by atoms with Crippen LogP contribution >= 0.6 is 15.9 Å². The number of hydrogen-bond donors (Lipinski definition) is 0. The van der Waals surface area contributed by atoms with E-state index in [1.807, 2.05) is 13.0 Å². The summed E-state index contributed by atoms with van der Waals surface area (Å²) in [6.45, 7) is 12.3. The van der Waals surface area contributed by atoms with Crippen LogP contribution in [0.2, 0.25) is 0 Å². The Labute approximate surface area is 197 Å². The van der Waals surface area contributed by atoms with Gasteiger partial charge in [-0.3, -0.25) is 0 Å². The lowest BCUT2D eigenvalue weighted by molar-refractivity contribution is 0.0428. The molecule has 0 radical (unpaired) electrons. The normalized spacial score (nSPS) is 11.7. The summed E-state index contributed by atoms with van der Waals surface area (Å²) in [7, 11) is 1.55. The van der Waals surface area contributed by atoms with Crippen molar-refractivity contribution in [3.8, 4) is 17.0 Å². The molecule has 2 aromatic rings. The number of ether oxygens (including phenoxy) is 3. The van der Waals surface area contributed by atoms with Gasteiger partial charge in [-0.25, -0.2) is 19.6 Å². The van der Waals surface area contributed by atoms with Crippen molar-refractivity contribution in [1.29, 1.82) is 0 Å². The van der Waals surface area contributed by atoms with Crippen molar-refractivity contribution in [2.24, 2.45) is 0 Å². The molecule has 8 nitrogen and oxygen atoms in total. The largest absolute Gasteiger partial charge is 0.481 e. The van der Waals surface area contributed by atoms with E-state index in [0.29, 0.717) is 16.8 Å². The van der Waals surface area contributed by atoms with Gasteiger partial charge in [0.2, 0.25) is 5.88 Å². The summed E-state index contributed by atoms with van der Waals surface area (Å²) in [5, 5.41) is 0. The molecule has 2 aromatic heterocycles. The molecule has 174 valence electrons. The van der Waals surface area contributed by atoms with Crippen LogP contribution in [-0.4, -0.2) is 40.5 Å². The summed E-state index contributed by atoms with van der Waals surface area (Å²) in [6.07, 6.45) is 2.14. The molecule has 2 heterocycles. The molecule has 0 saturated carbocycles. The van der Waals surface area contributed by atoms with Crippen LogP contribution in [0.5, 0.6) is 5.88 Å². The van der Waals surface area contributed by atoms with Gasteiger partial charge in [-0.15, -0.1) is 0 Å². The van der Waals surface area contributed by atoms with E-state index in [1.54, 1.807) is 67.1 Å². The molecule has 0 aromatic carbocycles. The first-order chi connectivity index (χ1) is 14.8. The number of aromatic nitrogens is 2. The van der Waals surface area contributed by atoms with Crippen LogP contribution in [0.25, 0.3) is 11.1 Å². The van der Waals surface area contributed by atoms with Crippen molar-refractivity contribution in [2.75, 3.05) is 12.0 Å². The number of halogens is 1. The highest BCUT2D eigenvalue weighted by Crippen LogP contribution is 2.36. The van der Waals surface area contributed by atoms with Crippen molar-refractivity contribution < 1.29 is 23.8 Å². The molecule has 0 atom stereocenters. The number of amides is 2. The Morgan fingerprint density at radius 3 is 1.94 bits per heavy atom. The van der Waals surface area contributed by atoms with Crippen LogP contribution in [0.1, 0.15) is 54.0 Å². The van der Waals surface area contributed by atoms with Gasteiger partial charge in [0.1, 0.15) is 11.2 Å². The summed E-state index contributed by atoms with van der Waals surface area (Å²) >= 11 is 3.55. The third-order valence-electron chi connectivity index (χ3n) is 4.08. The summed E-state index contributed by atoms with van der Waals surface area (Å²) in [4.78, 5) is 35.5. The monoisotopic (exact) mass is 507 g/mol. The van der Waals surface area contributed by atoms with E-state index < -0.39 is 23.4 Å². The first kappa shape index (κ1) is 25.6. The summed E-state index contributed by atoms with van der Waals surface area (Å²) < 4.78 is 16.5. The van der Waals surface area contributed by atoms with E-state index in [-0.39, 0.29) is 5.82 Å². The predicted molar refractivity (Wildman–Crippen MR) is 126 cm³/mol. The first-order valence-corrected chi connectivity index (χ1v) is 11.0. The van der Waals surface area contributed by atoms with E-state index in [4.69, 9.17) is 14.2 Å². The van der Waals surface area contributed by atoms with Crippen LogP contribution < -0.4 is 9.64 Å². The Bertz CT molecular complexity index is 951. The van der Waals surface area contributed by atoms with Crippen LogP contribution in [0.15, 0.2) is 29.0 Å². The maximum absolute atomic E-state index is 13.0. The fourth-order valence-electron chi connectivity index (χ4n) is 2.79. The minimum absolute atomic E-state index is 0.0931. The van der Waals surface area contributed by atoms with E-state index in [1.165, 1.54) is 0 Å². The van der Waals surface area contributed by atoms with Gasteiger partial charge < -0.3 is 14.2 Å². The van der Waals surface area contributed by atoms with Crippen molar-refractivity contribution in [3.63, 3.8) is 0 Å². The molecule has 0 spiro atoms. The van der Waals surface area contributed by atoms with Crippen molar-refractivity contribution in [1.82, 2.24) is 9.97 Å². The Balaban J connectivity index is 2.59. The molecule has 9 heteroatoms. The molecule has 0 fully saturated rings. The molecule has 0 aliphatic rings. The van der Waals surface area contributed by atoms with Gasteiger partial charge in [-0.2, -0.15) is 4.90 Å². The van der Waals surface area contributed by atoms with Crippen LogP contribution in [0, 0.1) is 0 Å². The number of imide groups is 1. The molecule has 0 aliphatic heterocycles. The quantitative estimate of drug-likeness (QED) is 0.489. The average molecular weight is 508 g/mol. The summed E-state index contributed by atoms with van der Waals surface area (Å²) in [6, 6.07) is 3.62. The maximum atomic E-state index is 13.0. The van der Waals surface area contributed by atoms with Crippen LogP contribution in [0.3, 0.4) is 0 Å². The third-order valence-corrected chi connectivity index (χ3v) is 4.91. The average Bonchev–Trinajstić information content (AvgIpc) is 2.66. The second-order valence-corrected chi connectivity index (χ2v) is 9.82. The molecule has 32 heavy (non-hydrogen) atoms. The molecule has 2 amide bonds. The lowest BCUT2D eigenvalue weighted by Gasteiger charge is -2.29. The van der Waals surface area contributed by atoms with Crippen LogP contribution in [-0.2, 0) is 15.9 Å². The Hall–Kier alpha value is -2.68. The van der Waals surface area contributed by atoms with Gasteiger partial charge in [0.05, 0.1) is 11.6 Å². The lowest BCUT2D eigenvalue weighted by Crippen LogP contribution is -2.44. The van der Waals surface area contributed by atoms with Crippen molar-refractivity contribution in [3.05, 3.63) is 34.6 Å². The number of hydrogen-bond acceptors (Lipinski definition) is 7. The highest BCUT2D eigenvalue weighted by molar-refractivity contribution is 9.10. The fourth-order valence-corrected chi connectivity index (χ4v) is 3.56. The molecule has 0 aliphatic carbocycles. The van der Waals surface area contributed by atoms with E-state index >= 15 is 0 Å². The molecular weight excluding hydrogens is 478 g/mol. The van der Waals surface area contributed by atoms with Gasteiger partial charge >= 0.3 is 12.2 Å². The first-order valence-electron chi connectivity index (χ1n) is 10.2. The number of nitrogens with zero attached hydrogens (tertiary/aromatic N) is 3. The second kappa shape index (κ2) is 9.85. The molecule has 0 saturated heterocycles. The zero-order valence-corrected chi connectivity index (χ0v) is 21.4. The molecule has 0 bridgehead atoms. The highest BCUT2D eigenvalue weighted by atomic mass is 79.9. The zero-order valence-electron chi connectivity index (χ0n) is 19.8. The molecule has 0 N–H and O–H groups in total. The molecular formula is C23H30BrN3O5. The fraction of sp³-hybridized carbons (Fsp3) is 0.478. The lowest BCUT2D eigenvalue weighted by atomic mass is 10.0. The van der Waals surface area contributed by atoms with Crippen molar-refractivity contribution >= 4 is 33.9 Å². The number of carbonyl (C=O) groups excluding carboxylic acids is 2. The van der Waals surface area contributed by atoms with E-state index in [0.717, 1.165) is 21.6 Å². The smallest absolute Gasteiger partial charge is 0.425 e. The second-order valence-electron chi connectivity index (χ2n) is 9.03. The SMILES string of the molecule is CCc1c(-c2ccc(OC)nc2)cnc(N(C(=O)OC(C)(C)C)C(=O)OC(C)(C)C)c1Br. The van der Waals surface area contributed by atoms with E-state index in [2.05, 4.69) is 25.9 Å². The highest BCUT2D eigenvalue weighted by Gasteiger charge is 2.35. The molecule has 2 rings (SSSR count). The standard InChI is InChI=1S/C23H30BrN3O5/c1-9-15-16(14-10-11-17(30-8)25-12-14)13-26-19(18(15)24)27(20(28)31-22(2,3)4)21(29)32-23(5,6)7/h10-13H,9H2,1-8H3. The topological polar surface area (TPSA) is 90.9 Å². The summed E-state index contributed by atoms with van der Waals surface area (Å²) in [5.74, 6) is 0.590. The Kier molecular flexibility index (Phi) is 7.88. The van der Waals surface area contributed by atoms with Crippen molar-refractivity contribution in [2.45, 2.75) is 66.1 Å². The van der Waals surface area contributed by atoms with Gasteiger partial charge in [-0.05, 0) is 75.5 Å². The minimum atomic E-state index is -0.874. The van der Waals surface area contributed by atoms with Crippen LogP contribution in [0.4, 0.5) is 15.4 Å². The number of rotatable bonds is 4. The summed E-state index contributed by atoms with van der Waals surface area (Å²) in [5.41, 5.74) is 0.854.